The van der Waals surface area contributed by atoms with Crippen molar-refractivity contribution in [2.45, 2.75) is 30.6 Å². The summed E-state index contributed by atoms with van der Waals surface area (Å²) in [6.07, 6.45) is 4.71. The van der Waals surface area contributed by atoms with E-state index < -0.39 is 22.8 Å². The van der Waals surface area contributed by atoms with Gasteiger partial charge >= 0.3 is 5.97 Å². The van der Waals surface area contributed by atoms with E-state index >= 15 is 0 Å². The van der Waals surface area contributed by atoms with Gasteiger partial charge in [0.1, 0.15) is 4.88 Å². The van der Waals surface area contributed by atoms with Crippen LogP contribution >= 0.6 is 11.3 Å². The maximum atomic E-state index is 14.8. The van der Waals surface area contributed by atoms with E-state index in [1.807, 2.05) is 12.1 Å². The van der Waals surface area contributed by atoms with Crippen LogP contribution in [-0.2, 0) is 32.8 Å². The molecule has 0 radical (unpaired) electrons. The molecular weight excluding hydrogens is 553 g/mol. The highest BCUT2D eigenvalue weighted by Crippen LogP contribution is 2.39. The summed E-state index contributed by atoms with van der Waals surface area (Å²) in [6.45, 7) is 2.93. The number of nitrogens with two attached hydrogens (primary N) is 1. The molecule has 1 aliphatic carbocycles. The number of benzene rings is 2. The lowest BCUT2D eigenvalue weighted by molar-refractivity contribution is 0.0702. The minimum absolute atomic E-state index is 0.00456. The third kappa shape index (κ3) is 5.57. The van der Waals surface area contributed by atoms with E-state index in [1.54, 1.807) is 10.7 Å². The van der Waals surface area contributed by atoms with Crippen molar-refractivity contribution in [3.8, 4) is 16.4 Å². The van der Waals surface area contributed by atoms with E-state index in [9.17, 15) is 18.5 Å². The Kier molecular flexibility index (Phi) is 7.49. The van der Waals surface area contributed by atoms with Crippen LogP contribution in [0.5, 0.6) is 0 Å². The molecule has 1 atom stereocenters. The van der Waals surface area contributed by atoms with Gasteiger partial charge in [-0.05, 0) is 55.0 Å². The Hall–Kier alpha value is -3.45. The van der Waals surface area contributed by atoms with Gasteiger partial charge in [0, 0.05) is 36.3 Å². The zero-order valence-electron chi connectivity index (χ0n) is 21.6. The number of halogens is 1. The van der Waals surface area contributed by atoms with Crippen molar-refractivity contribution >= 4 is 34.0 Å². The van der Waals surface area contributed by atoms with E-state index in [-0.39, 0.29) is 9.77 Å². The Balaban J connectivity index is 1.49. The molecule has 2 aliphatic rings. The monoisotopic (exact) mass is 582 g/mol. The standard InChI is InChI=1S/C28H28FN5O4S2/c29-22-13-18(6-7-25(22)40(30)37)12-21-23(14-17-4-5-17)34(28-31-16-24(39-28)27(35)36)32-26(21)19-2-1-3-20(15-19)33-8-10-38-11-9-33/h1-3,6-7,13,15-17H,4-5,8-12,14H2,(H2,30,37)(H,35,36)/p+1. The van der Waals surface area contributed by atoms with E-state index in [2.05, 4.69) is 22.0 Å². The van der Waals surface area contributed by atoms with E-state index in [1.165, 1.54) is 18.3 Å². The number of morpholine rings is 1. The topological polar surface area (TPSA) is 124 Å². The third-order valence-electron chi connectivity index (χ3n) is 7.28. The first kappa shape index (κ1) is 26.8. The van der Waals surface area contributed by atoms with Crippen LogP contribution in [0.2, 0.25) is 0 Å². The second kappa shape index (κ2) is 11.2. The summed E-state index contributed by atoms with van der Waals surface area (Å²) in [5, 5.41) is 20.5. The highest BCUT2D eigenvalue weighted by Gasteiger charge is 2.30. The van der Waals surface area contributed by atoms with Gasteiger partial charge in [-0.2, -0.15) is 5.10 Å². The number of aromatic carboxylic acids is 1. The van der Waals surface area contributed by atoms with Crippen molar-refractivity contribution in [2.75, 3.05) is 31.2 Å². The van der Waals surface area contributed by atoms with Crippen molar-refractivity contribution in [2.24, 2.45) is 11.1 Å². The maximum absolute atomic E-state index is 14.8. The molecule has 12 heteroatoms. The number of anilines is 1. The van der Waals surface area contributed by atoms with Gasteiger partial charge in [-0.15, -0.1) is 5.14 Å². The molecule has 208 valence electrons. The van der Waals surface area contributed by atoms with Crippen LogP contribution in [0.1, 0.15) is 39.3 Å². The molecule has 3 N–H and O–H groups in total. The molecule has 0 bridgehead atoms. The third-order valence-corrected chi connectivity index (χ3v) is 9.08. The Morgan fingerprint density at radius 1 is 1.20 bits per heavy atom. The number of thiol groups is 1. The van der Waals surface area contributed by atoms with Gasteiger partial charge in [-0.1, -0.05) is 33.7 Å². The molecule has 2 aromatic carbocycles. The van der Waals surface area contributed by atoms with Crippen LogP contribution < -0.4 is 10.0 Å². The van der Waals surface area contributed by atoms with Gasteiger partial charge in [0.05, 0.1) is 30.8 Å². The minimum atomic E-state index is -2.29. The molecule has 2 aromatic heterocycles. The molecule has 1 saturated heterocycles. The van der Waals surface area contributed by atoms with Crippen LogP contribution in [-0.4, -0.2) is 52.1 Å². The molecule has 6 rings (SSSR count). The van der Waals surface area contributed by atoms with Gasteiger partial charge in [0.15, 0.2) is 16.8 Å². The fourth-order valence-electron chi connectivity index (χ4n) is 5.04. The molecule has 9 nitrogen and oxygen atoms in total. The number of ether oxygens (including phenoxy) is 1. The van der Waals surface area contributed by atoms with Gasteiger partial charge in [-0.25, -0.2) is 18.9 Å². The van der Waals surface area contributed by atoms with E-state index in [0.717, 1.165) is 71.9 Å². The van der Waals surface area contributed by atoms with Crippen molar-refractivity contribution in [1.82, 2.24) is 14.8 Å². The first-order chi connectivity index (χ1) is 19.4. The van der Waals surface area contributed by atoms with Crippen molar-refractivity contribution in [1.29, 1.82) is 0 Å². The van der Waals surface area contributed by atoms with Crippen LogP contribution in [0.4, 0.5) is 10.1 Å². The van der Waals surface area contributed by atoms with Crippen molar-refractivity contribution < 1.29 is 23.2 Å². The lowest BCUT2D eigenvalue weighted by atomic mass is 9.96. The summed E-state index contributed by atoms with van der Waals surface area (Å²) in [4.78, 5) is 18.4. The minimum Gasteiger partial charge on any atom is -0.477 e. The number of aromatic nitrogens is 3. The molecule has 0 spiro atoms. The highest BCUT2D eigenvalue weighted by molar-refractivity contribution is 7.82. The SMILES string of the molecule is N[SH+](=O)c1ccc(Cc2c(-c3cccc(N4CCOCC4)c3)nn(-c3ncc(C(=O)O)s3)c2CC2CC2)cc1F. The molecule has 1 saturated carbocycles. The smallest absolute Gasteiger partial charge is 0.347 e. The number of carboxylic acids is 1. The number of carbonyl (C=O) groups is 1. The molecule has 3 heterocycles. The number of carboxylic acid groups (broad SMARTS) is 1. The summed E-state index contributed by atoms with van der Waals surface area (Å²) in [7, 11) is -2.29. The first-order valence-corrected chi connectivity index (χ1v) is 15.3. The fraction of sp³-hybridized carbons (Fsp3) is 0.321. The Bertz CT molecular complexity index is 1590. The second-order valence-electron chi connectivity index (χ2n) is 10.1. The summed E-state index contributed by atoms with van der Waals surface area (Å²) in [5.41, 5.74) is 5.29. The highest BCUT2D eigenvalue weighted by atomic mass is 32.2. The normalized spacial score (nSPS) is 16.3. The Morgan fingerprint density at radius 3 is 2.67 bits per heavy atom. The molecule has 40 heavy (non-hydrogen) atoms. The van der Waals surface area contributed by atoms with Gasteiger partial charge in [0.25, 0.3) is 0 Å². The number of thiazole rings is 1. The van der Waals surface area contributed by atoms with Gasteiger partial charge < -0.3 is 14.7 Å². The Morgan fingerprint density at radius 2 is 2.00 bits per heavy atom. The van der Waals surface area contributed by atoms with Gasteiger partial charge in [-0.3, -0.25) is 0 Å². The van der Waals surface area contributed by atoms with Crippen LogP contribution in [0, 0.1) is 11.7 Å². The summed E-state index contributed by atoms with van der Waals surface area (Å²) in [6, 6.07) is 12.8. The van der Waals surface area contributed by atoms with Crippen molar-refractivity contribution in [3.63, 3.8) is 0 Å². The number of hydrogen-bond donors (Lipinski definition) is 2. The largest absolute Gasteiger partial charge is 0.477 e. The Labute approximate surface area is 237 Å². The molecular formula is C28H29FN5O4S2+. The second-order valence-corrected chi connectivity index (χ2v) is 12.2. The predicted octanol–water partition coefficient (Wildman–Crippen LogP) is 4.14. The van der Waals surface area contributed by atoms with E-state index in [0.29, 0.717) is 36.2 Å². The average molecular weight is 583 g/mol. The molecule has 1 unspecified atom stereocenters. The predicted molar refractivity (Wildman–Crippen MR) is 152 cm³/mol. The van der Waals surface area contributed by atoms with E-state index in [4.69, 9.17) is 15.0 Å². The van der Waals surface area contributed by atoms with Gasteiger partial charge in [0.2, 0.25) is 10.0 Å². The lowest BCUT2D eigenvalue weighted by Gasteiger charge is -2.29. The van der Waals surface area contributed by atoms with Crippen molar-refractivity contribution in [3.05, 3.63) is 76.2 Å². The lowest BCUT2D eigenvalue weighted by Crippen LogP contribution is -2.36. The zero-order valence-corrected chi connectivity index (χ0v) is 23.3. The molecule has 0 amide bonds. The first-order valence-electron chi connectivity index (χ1n) is 13.1. The summed E-state index contributed by atoms with van der Waals surface area (Å²) in [5.74, 6) is -1.13. The van der Waals surface area contributed by atoms with Crippen LogP contribution in [0.3, 0.4) is 0 Å². The average Bonchev–Trinajstić information content (AvgIpc) is 3.51. The van der Waals surface area contributed by atoms with Crippen LogP contribution in [0.15, 0.2) is 53.6 Å². The molecule has 2 fully saturated rings. The molecule has 1 aliphatic heterocycles. The maximum Gasteiger partial charge on any atom is 0.347 e. The fourth-order valence-corrected chi connectivity index (χ4v) is 6.27. The number of nitrogens with zero attached hydrogens (tertiary/aromatic N) is 4. The molecule has 4 aromatic rings. The number of hydrogen-bond acceptors (Lipinski definition) is 7. The quantitative estimate of drug-likeness (QED) is 0.225. The number of rotatable bonds is 9. The van der Waals surface area contributed by atoms with Crippen LogP contribution in [0.25, 0.3) is 16.4 Å². The zero-order chi connectivity index (χ0) is 27.8. The summed E-state index contributed by atoms with van der Waals surface area (Å²) < 4.78 is 33.8. The summed E-state index contributed by atoms with van der Waals surface area (Å²) >= 11 is 1.07.